The average molecular weight is 256 g/mol. The van der Waals surface area contributed by atoms with Crippen molar-refractivity contribution >= 4 is 27.4 Å². The fourth-order valence-electron chi connectivity index (χ4n) is 0.961. The maximum absolute atomic E-state index is 11.7. The van der Waals surface area contributed by atoms with Crippen LogP contribution in [-0.2, 0) is 0 Å². The number of rotatable bonds is 1. The van der Waals surface area contributed by atoms with E-state index in [1.807, 2.05) is 25.7 Å². The molecule has 0 aliphatic rings. The maximum atomic E-state index is 11.7. The molecule has 1 rings (SSSR count). The zero-order valence-electron chi connectivity index (χ0n) is 9.80. The molecule has 0 amide bonds. The number of aromatic nitrogens is 1. The number of hydrogen-bond acceptors (Lipinski definition) is 2. The number of halogens is 1. The Hall–Kier alpha value is -0.980. The van der Waals surface area contributed by atoms with Crippen LogP contribution in [0.1, 0.15) is 16.1 Å². The second-order valence-electron chi connectivity index (χ2n) is 4.18. The molecule has 0 unspecified atom stereocenters. The molecule has 0 atom stereocenters. The van der Waals surface area contributed by atoms with E-state index in [9.17, 15) is 4.79 Å². The van der Waals surface area contributed by atoms with Crippen LogP contribution in [0.15, 0.2) is 12.1 Å². The molecular formula is C12H14ClNOS. The van der Waals surface area contributed by atoms with Gasteiger partial charge in [-0.25, -0.2) is 4.98 Å². The summed E-state index contributed by atoms with van der Waals surface area (Å²) >= 11 is 5.88. The predicted octanol–water partition coefficient (Wildman–Crippen LogP) is 2.88. The number of hydrogen-bond donors (Lipinski definition) is 0. The highest BCUT2D eigenvalue weighted by Crippen LogP contribution is 2.32. The van der Waals surface area contributed by atoms with Gasteiger partial charge in [-0.05, 0) is 49.0 Å². The third-order valence-electron chi connectivity index (χ3n) is 1.70. The van der Waals surface area contributed by atoms with E-state index in [0.717, 1.165) is 5.69 Å². The van der Waals surface area contributed by atoms with E-state index in [1.165, 1.54) is 0 Å². The van der Waals surface area contributed by atoms with E-state index >= 15 is 0 Å². The summed E-state index contributed by atoms with van der Waals surface area (Å²) in [7, 11) is -0.994. The van der Waals surface area contributed by atoms with Crippen molar-refractivity contribution in [1.29, 1.82) is 0 Å². The van der Waals surface area contributed by atoms with E-state index in [1.54, 1.807) is 12.1 Å². The predicted molar refractivity (Wildman–Crippen MR) is 71.5 cm³/mol. The van der Waals surface area contributed by atoms with Crippen LogP contribution in [0.2, 0.25) is 5.15 Å². The van der Waals surface area contributed by atoms with Gasteiger partial charge in [-0.1, -0.05) is 11.6 Å². The summed E-state index contributed by atoms with van der Waals surface area (Å²) in [6.45, 7) is 1.82. The fourth-order valence-corrected chi connectivity index (χ4v) is 1.64. The van der Waals surface area contributed by atoms with Gasteiger partial charge in [0.15, 0.2) is 0 Å². The monoisotopic (exact) mass is 255 g/mol. The van der Waals surface area contributed by atoms with Gasteiger partial charge in [0.05, 0.1) is 5.56 Å². The van der Waals surface area contributed by atoms with Crippen molar-refractivity contribution in [3.8, 4) is 11.2 Å². The highest BCUT2D eigenvalue weighted by atomic mass is 35.5. The first-order valence-electron chi connectivity index (χ1n) is 4.68. The molecule has 0 saturated carbocycles. The van der Waals surface area contributed by atoms with Gasteiger partial charge in [0.1, 0.15) is 5.15 Å². The van der Waals surface area contributed by atoms with E-state index in [4.69, 9.17) is 11.6 Å². The minimum atomic E-state index is -0.994. The number of aryl methyl sites for hydroxylation is 1. The molecule has 0 aromatic carbocycles. The summed E-state index contributed by atoms with van der Waals surface area (Å²) in [5.74, 6) is 2.36. The Kier molecular flexibility index (Phi) is 4.01. The first kappa shape index (κ1) is 13.1. The minimum absolute atomic E-state index is 0.225. The quantitative estimate of drug-likeness (QED) is 0.439. The van der Waals surface area contributed by atoms with Gasteiger partial charge in [0.2, 0.25) is 5.78 Å². The van der Waals surface area contributed by atoms with Crippen LogP contribution in [0.4, 0.5) is 0 Å². The number of ketones is 1. The zero-order chi connectivity index (χ0) is 12.3. The molecule has 1 aromatic heterocycles. The Morgan fingerprint density at radius 2 is 2.00 bits per heavy atom. The highest BCUT2D eigenvalue weighted by molar-refractivity contribution is 8.36. The molecule has 16 heavy (non-hydrogen) atoms. The Labute approximate surface area is 103 Å². The number of nitrogens with zero attached hydrogens (tertiary/aromatic N) is 1. The molecule has 4 heteroatoms. The summed E-state index contributed by atoms with van der Waals surface area (Å²) in [6.07, 6.45) is 6.09. The van der Waals surface area contributed by atoms with Crippen LogP contribution in [0.25, 0.3) is 0 Å². The normalized spacial score (nSPS) is 11.6. The van der Waals surface area contributed by atoms with Crippen LogP contribution in [0.5, 0.6) is 0 Å². The zero-order valence-corrected chi connectivity index (χ0v) is 11.4. The summed E-state index contributed by atoms with van der Waals surface area (Å²) < 4.78 is 0. The van der Waals surface area contributed by atoms with Crippen LogP contribution in [0, 0.1) is 18.1 Å². The van der Waals surface area contributed by atoms with Crippen LogP contribution >= 0.6 is 21.6 Å². The molecule has 1 heterocycles. The van der Waals surface area contributed by atoms with Crippen molar-refractivity contribution in [2.24, 2.45) is 0 Å². The van der Waals surface area contributed by atoms with Gasteiger partial charge >= 0.3 is 0 Å². The Balaban J connectivity index is 3.01. The molecular weight excluding hydrogens is 242 g/mol. The molecule has 0 radical (unpaired) electrons. The second-order valence-corrected chi connectivity index (χ2v) is 8.42. The summed E-state index contributed by atoms with van der Waals surface area (Å²) in [4.78, 5) is 15.8. The van der Waals surface area contributed by atoms with Gasteiger partial charge in [-0.3, -0.25) is 4.79 Å². The minimum Gasteiger partial charge on any atom is -0.279 e. The van der Waals surface area contributed by atoms with Crippen molar-refractivity contribution < 1.29 is 4.79 Å². The Morgan fingerprint density at radius 3 is 2.50 bits per heavy atom. The third kappa shape index (κ3) is 3.88. The molecule has 1 aromatic rings. The highest BCUT2D eigenvalue weighted by Gasteiger charge is 2.09. The molecule has 0 N–H and O–H groups in total. The molecule has 0 saturated heterocycles. The SMILES string of the molecule is Cc1ccc(C(=O)C#CS(C)(C)C)c(Cl)n1. The van der Waals surface area contributed by atoms with Crippen LogP contribution in [-0.4, -0.2) is 29.5 Å². The van der Waals surface area contributed by atoms with E-state index in [0.29, 0.717) is 5.56 Å². The van der Waals surface area contributed by atoms with Gasteiger partial charge in [-0.15, -0.1) is 0 Å². The largest absolute Gasteiger partial charge is 0.279 e. The Morgan fingerprint density at radius 1 is 1.38 bits per heavy atom. The third-order valence-corrected chi connectivity index (χ3v) is 2.71. The van der Waals surface area contributed by atoms with E-state index in [2.05, 4.69) is 16.2 Å². The standard InChI is InChI=1S/C12H14ClNOS/c1-9-5-6-10(12(13)14-9)11(15)7-8-16(2,3)4/h5-6H,1-4H3. The van der Waals surface area contributed by atoms with Crippen molar-refractivity contribution in [3.63, 3.8) is 0 Å². The van der Waals surface area contributed by atoms with Gasteiger partial charge < -0.3 is 0 Å². The van der Waals surface area contributed by atoms with E-state index < -0.39 is 10.0 Å². The first-order valence-corrected chi connectivity index (χ1v) is 7.92. The molecule has 0 aliphatic carbocycles. The topological polar surface area (TPSA) is 30.0 Å². The van der Waals surface area contributed by atoms with E-state index in [-0.39, 0.29) is 10.9 Å². The number of pyridine rings is 1. The van der Waals surface area contributed by atoms with Crippen LogP contribution in [0.3, 0.4) is 0 Å². The fraction of sp³-hybridized carbons (Fsp3) is 0.333. The van der Waals surface area contributed by atoms with Gasteiger partial charge in [0.25, 0.3) is 0 Å². The summed E-state index contributed by atoms with van der Waals surface area (Å²) in [5, 5.41) is 3.18. The lowest BCUT2D eigenvalue weighted by molar-refractivity contribution is 0.105. The second kappa shape index (κ2) is 4.90. The van der Waals surface area contributed by atoms with Crippen molar-refractivity contribution in [3.05, 3.63) is 28.5 Å². The molecule has 0 spiro atoms. The first-order chi connectivity index (χ1) is 7.29. The van der Waals surface area contributed by atoms with Gasteiger partial charge in [-0.2, -0.15) is 10.0 Å². The summed E-state index contributed by atoms with van der Waals surface area (Å²) in [6, 6.07) is 3.42. The number of carbonyl (C=O) groups excluding carboxylic acids is 1. The lowest BCUT2D eigenvalue weighted by Gasteiger charge is -2.14. The Bertz CT molecular complexity index is 480. The molecule has 0 fully saturated rings. The lowest BCUT2D eigenvalue weighted by atomic mass is 10.2. The number of carbonyl (C=O) groups is 1. The number of Topliss-reactive ketones (excluding diaryl/α,β-unsaturated/α-hetero) is 1. The molecule has 86 valence electrons. The van der Waals surface area contributed by atoms with Gasteiger partial charge in [0, 0.05) is 5.69 Å². The van der Waals surface area contributed by atoms with Crippen molar-refractivity contribution in [2.45, 2.75) is 6.92 Å². The molecule has 2 nitrogen and oxygen atoms in total. The smallest absolute Gasteiger partial charge is 0.239 e. The summed E-state index contributed by atoms with van der Waals surface area (Å²) in [5.41, 5.74) is 1.17. The maximum Gasteiger partial charge on any atom is 0.239 e. The van der Waals surface area contributed by atoms with Crippen LogP contribution < -0.4 is 0 Å². The van der Waals surface area contributed by atoms with Crippen molar-refractivity contribution in [1.82, 2.24) is 4.98 Å². The molecule has 0 aliphatic heterocycles. The molecule has 0 bridgehead atoms. The average Bonchev–Trinajstić information content (AvgIpc) is 2.13. The van der Waals surface area contributed by atoms with Crippen molar-refractivity contribution in [2.75, 3.05) is 18.8 Å². The lowest BCUT2D eigenvalue weighted by Crippen LogP contribution is -1.99.